The van der Waals surface area contributed by atoms with Gasteiger partial charge < -0.3 is 10.4 Å². The Hall–Kier alpha value is -0.0757. The van der Waals surface area contributed by atoms with Gasteiger partial charge in [-0.3, -0.25) is 0 Å². The molecule has 2 atom stereocenters. The zero-order valence-corrected chi connectivity index (χ0v) is 18.5. The van der Waals surface area contributed by atoms with Crippen LogP contribution in [0, 0.1) is 13.8 Å². The normalized spacial score (nSPS) is 11.9. The van der Waals surface area contributed by atoms with Gasteiger partial charge in [0.1, 0.15) is 5.75 Å². The molecule has 0 radical (unpaired) electrons. The first-order chi connectivity index (χ1) is 11.5. The molecule has 2 nitrogen and oxygen atoms in total. The number of halogens is 2. The van der Waals surface area contributed by atoms with E-state index in [1.165, 1.54) is 16.4 Å². The van der Waals surface area contributed by atoms with Crippen molar-refractivity contribution in [3.63, 3.8) is 0 Å². The summed E-state index contributed by atoms with van der Waals surface area (Å²) in [6, 6.07) is 12.6. The molecule has 0 aliphatic carbocycles. The Bertz CT molecular complexity index is 655. The summed E-state index contributed by atoms with van der Waals surface area (Å²) in [5, 5.41) is 17.2. The Labute approximate surface area is 163 Å². The van der Waals surface area contributed by atoms with Gasteiger partial charge in [-0.2, -0.15) is 6.54 Å². The van der Waals surface area contributed by atoms with Crippen molar-refractivity contribution >= 4 is 37.8 Å². The third-order valence-electron chi connectivity index (χ3n) is 3.71. The number of rotatable bonds is 5. The molecule has 2 rings (SSSR count). The zero-order valence-electron chi connectivity index (χ0n) is 14.4. The van der Waals surface area contributed by atoms with Crippen LogP contribution in [0.25, 0.3) is 5.32 Å². The van der Waals surface area contributed by atoms with Crippen molar-refractivity contribution in [2.45, 2.75) is 33.7 Å². The molecule has 24 heavy (non-hydrogen) atoms. The number of para-hydroxylation sites is 1. The molecule has 2 aromatic carbocycles. The molecule has 1 N–H and O–H groups in total. The van der Waals surface area contributed by atoms with Crippen molar-refractivity contribution in [1.29, 1.82) is 0 Å². The van der Waals surface area contributed by atoms with Crippen molar-refractivity contribution in [3.8, 4) is 5.75 Å². The molecule has 0 bridgehead atoms. The van der Waals surface area contributed by atoms with Crippen molar-refractivity contribution in [3.05, 3.63) is 58.4 Å². The summed E-state index contributed by atoms with van der Waals surface area (Å²) < 4.78 is 0. The van der Waals surface area contributed by atoms with Crippen LogP contribution in [-0.2, 0) is 17.0 Å². The fourth-order valence-electron chi connectivity index (χ4n) is 2.48. The molecule has 0 saturated carbocycles. The molecule has 0 fully saturated rings. The summed E-state index contributed by atoms with van der Waals surface area (Å²) >= 11 is -0.556. The van der Waals surface area contributed by atoms with E-state index in [-0.39, 0.29) is 6.04 Å². The average Bonchev–Trinajstić information content (AvgIpc) is 2.54. The van der Waals surface area contributed by atoms with Crippen LogP contribution in [0.4, 0.5) is 0 Å². The number of phenolic OH excluding ortho intramolecular Hbond substituents is 1. The van der Waals surface area contributed by atoms with E-state index in [1.807, 2.05) is 25.1 Å². The second-order valence-electron chi connectivity index (χ2n) is 5.38. The second kappa shape index (κ2) is 11.5. The van der Waals surface area contributed by atoms with E-state index >= 15 is 0 Å². The summed E-state index contributed by atoms with van der Waals surface area (Å²) in [6.45, 7) is 9.12. The van der Waals surface area contributed by atoms with E-state index in [4.69, 9.17) is 18.6 Å². The molecular weight excluding hydrogens is 396 g/mol. The number of aryl methyl sites for hydroxylation is 2. The van der Waals surface area contributed by atoms with Gasteiger partial charge in [-0.05, 0) is 30.3 Å². The maximum atomic E-state index is 10.3. The molecule has 0 heterocycles. The van der Waals surface area contributed by atoms with Gasteiger partial charge in [0.25, 0.3) is 0 Å². The fraction of sp³-hybridized carbons (Fsp3) is 0.333. The van der Waals surface area contributed by atoms with E-state index in [9.17, 15) is 5.11 Å². The van der Waals surface area contributed by atoms with Crippen molar-refractivity contribution in [2.24, 2.45) is 0 Å². The number of benzene rings is 2. The maximum absolute atomic E-state index is 10.3. The Morgan fingerprint density at radius 3 is 2.33 bits per heavy atom. The van der Waals surface area contributed by atoms with Crippen LogP contribution in [0.5, 0.6) is 5.75 Å². The van der Waals surface area contributed by atoms with Crippen LogP contribution in [0.15, 0.2) is 36.4 Å². The molecule has 0 spiro atoms. The monoisotopic (exact) mass is 418 g/mol. The number of hydrogen-bond donors (Lipinski definition) is 1. The molecular formula is C18H23Cl2NOPTi-. The first-order valence-corrected chi connectivity index (χ1v) is 13.0. The Kier molecular flexibility index (Phi) is 10.5. The molecule has 0 aromatic heterocycles. The predicted octanol–water partition coefficient (Wildman–Crippen LogP) is 5.47. The standard InChI is InChI=1S/C18H23NOP.2ClH.Ti/c1-5-19-14(4)15-10-6-9-13(3)18(15)21-16-11-7-8-12(2)17(16)20;;;/h6-11,14,20-21H,5H2,1-4H3;2*1H;/q-1;;;+2/p-2. The van der Waals surface area contributed by atoms with Gasteiger partial charge >= 0.3 is 35.6 Å². The minimum atomic E-state index is -0.556. The zero-order chi connectivity index (χ0) is 18.1. The summed E-state index contributed by atoms with van der Waals surface area (Å²) in [6.07, 6.45) is 0. The van der Waals surface area contributed by atoms with E-state index in [0.29, 0.717) is 14.3 Å². The van der Waals surface area contributed by atoms with Crippen LogP contribution in [0.3, 0.4) is 0 Å². The molecule has 2 aromatic rings. The Morgan fingerprint density at radius 1 is 1.12 bits per heavy atom. The van der Waals surface area contributed by atoms with Gasteiger partial charge in [0.05, 0.1) is 0 Å². The minimum absolute atomic E-state index is 0.198. The molecule has 130 valence electrons. The van der Waals surface area contributed by atoms with Crippen LogP contribution in [0.1, 0.15) is 36.6 Å². The topological polar surface area (TPSA) is 34.3 Å². The third-order valence-corrected chi connectivity index (χ3v) is 5.31. The Balaban J connectivity index is 0.000000891. The number of hydrogen-bond acceptors (Lipinski definition) is 1. The molecule has 0 amide bonds. The van der Waals surface area contributed by atoms with E-state index in [1.54, 1.807) is 0 Å². The van der Waals surface area contributed by atoms with E-state index < -0.39 is 17.0 Å². The van der Waals surface area contributed by atoms with Crippen LogP contribution in [0.2, 0.25) is 0 Å². The summed E-state index contributed by atoms with van der Waals surface area (Å²) in [7, 11) is 10.2. The molecule has 0 aliphatic heterocycles. The number of phenols is 1. The summed E-state index contributed by atoms with van der Waals surface area (Å²) in [5.74, 6) is 0.421. The van der Waals surface area contributed by atoms with Gasteiger partial charge in [-0.1, -0.05) is 64.4 Å². The fourth-order valence-corrected chi connectivity index (χ4v) is 3.96. The van der Waals surface area contributed by atoms with E-state index in [0.717, 1.165) is 17.4 Å². The first-order valence-electron chi connectivity index (χ1n) is 7.74. The van der Waals surface area contributed by atoms with Gasteiger partial charge in [0.2, 0.25) is 0 Å². The molecule has 0 aliphatic rings. The summed E-state index contributed by atoms with van der Waals surface area (Å²) in [4.78, 5) is 0. The first kappa shape index (κ1) is 22.0. The Morgan fingerprint density at radius 2 is 1.71 bits per heavy atom. The van der Waals surface area contributed by atoms with Crippen molar-refractivity contribution in [1.82, 2.24) is 0 Å². The molecule has 0 saturated heterocycles. The van der Waals surface area contributed by atoms with Crippen molar-refractivity contribution < 1.29 is 22.1 Å². The quantitative estimate of drug-likeness (QED) is 0.507. The summed E-state index contributed by atoms with van der Waals surface area (Å²) in [5.41, 5.74) is 3.47. The van der Waals surface area contributed by atoms with Crippen LogP contribution < -0.4 is 10.6 Å². The van der Waals surface area contributed by atoms with E-state index in [2.05, 4.69) is 44.3 Å². The third kappa shape index (κ3) is 6.34. The number of nitrogens with zero attached hydrogens (tertiary/aromatic N) is 1. The van der Waals surface area contributed by atoms with Crippen molar-refractivity contribution in [2.75, 3.05) is 6.54 Å². The van der Waals surface area contributed by atoms with Gasteiger partial charge in [-0.25, -0.2) is 0 Å². The average molecular weight is 419 g/mol. The van der Waals surface area contributed by atoms with Gasteiger partial charge in [0.15, 0.2) is 0 Å². The SMILES string of the molecule is CC[N-]C(C)c1cccc(C)c1Pc1cccc(C)c1O.[Cl][Ti][Cl]. The predicted molar refractivity (Wildman–Crippen MR) is 106 cm³/mol. The van der Waals surface area contributed by atoms with Gasteiger partial charge in [-0.15, -0.1) is 6.04 Å². The number of aromatic hydroxyl groups is 1. The molecule has 6 heteroatoms. The second-order valence-corrected chi connectivity index (χ2v) is 9.25. The van der Waals surface area contributed by atoms with Crippen LogP contribution in [-0.4, -0.2) is 11.7 Å². The molecule has 2 unspecified atom stereocenters. The van der Waals surface area contributed by atoms with Gasteiger partial charge in [0, 0.05) is 5.30 Å². The van der Waals surface area contributed by atoms with Crippen LogP contribution >= 0.6 is 27.2 Å².